The lowest BCUT2D eigenvalue weighted by Gasteiger charge is -2.30. The average molecular weight is 318 g/mol. The molecule has 1 N–H and O–H groups in total. The van der Waals surface area contributed by atoms with Gasteiger partial charge in [0.25, 0.3) is 0 Å². The molecule has 0 aromatic heterocycles. The minimum Gasteiger partial charge on any atom is -0.453 e. The van der Waals surface area contributed by atoms with Gasteiger partial charge in [0.15, 0.2) is 0 Å². The van der Waals surface area contributed by atoms with E-state index in [9.17, 15) is 9.59 Å². The second-order valence-corrected chi connectivity index (χ2v) is 5.88. The van der Waals surface area contributed by atoms with Crippen LogP contribution in [0, 0.1) is 5.92 Å². The third kappa shape index (κ3) is 4.03. The van der Waals surface area contributed by atoms with Crippen molar-refractivity contribution in [2.75, 3.05) is 25.5 Å². The molecule has 0 atom stereocenters. The minimum absolute atomic E-state index is 0.0504. The first-order valence-corrected chi connectivity index (χ1v) is 8.35. The van der Waals surface area contributed by atoms with Crippen LogP contribution in [0.15, 0.2) is 18.2 Å². The number of methoxy groups -OCH3 is 1. The molecule has 2 amide bonds. The highest BCUT2D eigenvalue weighted by molar-refractivity contribution is 5.94. The van der Waals surface area contributed by atoms with Crippen LogP contribution < -0.4 is 5.32 Å². The largest absolute Gasteiger partial charge is 0.453 e. The van der Waals surface area contributed by atoms with E-state index in [4.69, 9.17) is 4.74 Å². The zero-order valence-corrected chi connectivity index (χ0v) is 14.2. The van der Waals surface area contributed by atoms with Crippen LogP contribution in [0.3, 0.4) is 0 Å². The van der Waals surface area contributed by atoms with Gasteiger partial charge in [0, 0.05) is 24.7 Å². The average Bonchev–Trinajstić information content (AvgIpc) is 2.61. The van der Waals surface area contributed by atoms with Crippen molar-refractivity contribution in [2.24, 2.45) is 5.92 Å². The second-order valence-electron chi connectivity index (χ2n) is 5.88. The molecule has 1 aromatic carbocycles. The summed E-state index contributed by atoms with van der Waals surface area (Å²) < 4.78 is 4.73. The normalized spacial score (nSPS) is 15.3. The van der Waals surface area contributed by atoms with E-state index in [2.05, 4.69) is 31.3 Å². The molecule has 0 unspecified atom stereocenters. The van der Waals surface area contributed by atoms with E-state index in [1.807, 2.05) is 6.07 Å². The van der Waals surface area contributed by atoms with Crippen LogP contribution in [0.25, 0.3) is 0 Å². The molecule has 1 aliphatic heterocycles. The fraction of sp³-hybridized carbons (Fsp3) is 0.556. The number of hydrogen-bond donors (Lipinski definition) is 1. The lowest BCUT2D eigenvalue weighted by Crippen LogP contribution is -2.41. The monoisotopic (exact) mass is 318 g/mol. The summed E-state index contributed by atoms with van der Waals surface area (Å²) in [6, 6.07) is 6.17. The Morgan fingerprint density at radius 3 is 2.22 bits per heavy atom. The van der Waals surface area contributed by atoms with Gasteiger partial charge in [0.05, 0.1) is 7.11 Å². The number of anilines is 1. The van der Waals surface area contributed by atoms with Crippen molar-refractivity contribution < 1.29 is 14.3 Å². The molecular weight excluding hydrogens is 292 g/mol. The quantitative estimate of drug-likeness (QED) is 0.927. The molecule has 1 aromatic rings. The number of benzene rings is 1. The van der Waals surface area contributed by atoms with Crippen LogP contribution in [0.5, 0.6) is 0 Å². The molecule has 0 spiro atoms. The summed E-state index contributed by atoms with van der Waals surface area (Å²) in [5.74, 6) is 0.00985. The molecule has 0 saturated carbocycles. The minimum atomic E-state index is -0.312. The Balaban J connectivity index is 2.02. The molecule has 1 saturated heterocycles. The van der Waals surface area contributed by atoms with E-state index >= 15 is 0 Å². The molecule has 0 aliphatic carbocycles. The van der Waals surface area contributed by atoms with E-state index in [1.165, 1.54) is 18.2 Å². The van der Waals surface area contributed by atoms with Crippen molar-refractivity contribution in [3.05, 3.63) is 29.3 Å². The SMILES string of the molecule is CCc1cccc(CC)c1NC(=O)C1CCN(C(=O)OC)CC1. The van der Waals surface area contributed by atoms with Gasteiger partial charge in [-0.25, -0.2) is 4.79 Å². The van der Waals surface area contributed by atoms with E-state index in [1.54, 1.807) is 4.90 Å². The first kappa shape index (κ1) is 17.3. The van der Waals surface area contributed by atoms with Crippen LogP contribution >= 0.6 is 0 Å². The Bertz CT molecular complexity index is 541. The molecule has 23 heavy (non-hydrogen) atoms. The van der Waals surface area contributed by atoms with E-state index in [0.717, 1.165) is 18.5 Å². The Labute approximate surface area is 138 Å². The maximum absolute atomic E-state index is 12.6. The number of amides is 2. The Hall–Kier alpha value is -2.04. The van der Waals surface area contributed by atoms with Gasteiger partial charge in [-0.05, 0) is 36.8 Å². The number of nitrogens with zero attached hydrogens (tertiary/aromatic N) is 1. The van der Waals surface area contributed by atoms with Crippen LogP contribution in [0.2, 0.25) is 0 Å². The number of rotatable bonds is 4. The van der Waals surface area contributed by atoms with Gasteiger partial charge >= 0.3 is 6.09 Å². The van der Waals surface area contributed by atoms with Crippen LogP contribution in [-0.2, 0) is 22.4 Å². The van der Waals surface area contributed by atoms with Crippen molar-refractivity contribution >= 4 is 17.7 Å². The zero-order valence-electron chi connectivity index (χ0n) is 14.2. The van der Waals surface area contributed by atoms with E-state index in [-0.39, 0.29) is 17.9 Å². The molecular formula is C18H26N2O3. The molecule has 0 radical (unpaired) electrons. The highest BCUT2D eigenvalue weighted by Crippen LogP contribution is 2.25. The topological polar surface area (TPSA) is 58.6 Å². The number of para-hydroxylation sites is 1. The number of aryl methyl sites for hydroxylation is 2. The Morgan fingerprint density at radius 1 is 1.17 bits per heavy atom. The number of carbonyl (C=O) groups excluding carboxylic acids is 2. The fourth-order valence-electron chi connectivity index (χ4n) is 3.08. The molecule has 1 aliphatic rings. The van der Waals surface area contributed by atoms with Crippen LogP contribution in [0.1, 0.15) is 37.8 Å². The number of nitrogens with one attached hydrogen (secondary N) is 1. The number of hydrogen-bond acceptors (Lipinski definition) is 3. The van der Waals surface area contributed by atoms with Crippen molar-refractivity contribution in [2.45, 2.75) is 39.5 Å². The van der Waals surface area contributed by atoms with Crippen LogP contribution in [0.4, 0.5) is 10.5 Å². The Morgan fingerprint density at radius 2 is 1.74 bits per heavy atom. The van der Waals surface area contributed by atoms with Gasteiger partial charge in [0.1, 0.15) is 0 Å². The van der Waals surface area contributed by atoms with Gasteiger partial charge in [-0.2, -0.15) is 0 Å². The van der Waals surface area contributed by atoms with Gasteiger partial charge in [-0.15, -0.1) is 0 Å². The first-order valence-electron chi connectivity index (χ1n) is 8.35. The number of carbonyl (C=O) groups is 2. The summed E-state index contributed by atoms with van der Waals surface area (Å²) in [6.07, 6.45) is 2.83. The highest BCUT2D eigenvalue weighted by Gasteiger charge is 2.28. The van der Waals surface area contributed by atoms with E-state index < -0.39 is 0 Å². The summed E-state index contributed by atoms with van der Waals surface area (Å²) >= 11 is 0. The van der Waals surface area contributed by atoms with Gasteiger partial charge in [0.2, 0.25) is 5.91 Å². The van der Waals surface area contributed by atoms with Gasteiger partial charge in [-0.1, -0.05) is 32.0 Å². The third-order valence-electron chi connectivity index (χ3n) is 4.55. The molecule has 5 heteroatoms. The molecule has 1 heterocycles. The van der Waals surface area contributed by atoms with Gasteiger partial charge in [-0.3, -0.25) is 4.79 Å². The maximum Gasteiger partial charge on any atom is 0.409 e. The smallest absolute Gasteiger partial charge is 0.409 e. The first-order chi connectivity index (χ1) is 11.1. The molecule has 5 nitrogen and oxygen atoms in total. The lowest BCUT2D eigenvalue weighted by molar-refractivity contribution is -0.121. The standard InChI is InChI=1S/C18H26N2O3/c1-4-13-7-6-8-14(5-2)16(13)19-17(21)15-9-11-20(12-10-15)18(22)23-3/h6-8,15H,4-5,9-12H2,1-3H3,(H,19,21). The maximum atomic E-state index is 12.6. The number of ether oxygens (including phenoxy) is 1. The summed E-state index contributed by atoms with van der Waals surface area (Å²) in [5.41, 5.74) is 3.31. The molecule has 1 fully saturated rings. The van der Waals surface area contributed by atoms with Crippen molar-refractivity contribution in [3.8, 4) is 0 Å². The third-order valence-corrected chi connectivity index (χ3v) is 4.55. The van der Waals surface area contributed by atoms with E-state index in [0.29, 0.717) is 25.9 Å². The Kier molecular flexibility index (Phi) is 6.02. The molecule has 0 bridgehead atoms. The summed E-state index contributed by atoms with van der Waals surface area (Å²) in [7, 11) is 1.38. The molecule has 2 rings (SSSR count). The van der Waals surface area contributed by atoms with Gasteiger partial charge < -0.3 is 15.0 Å². The zero-order chi connectivity index (χ0) is 16.8. The predicted molar refractivity (Wildman–Crippen MR) is 90.5 cm³/mol. The van der Waals surface area contributed by atoms with Crippen molar-refractivity contribution in [3.63, 3.8) is 0 Å². The van der Waals surface area contributed by atoms with Crippen molar-refractivity contribution in [1.82, 2.24) is 4.90 Å². The van der Waals surface area contributed by atoms with Crippen molar-refractivity contribution in [1.29, 1.82) is 0 Å². The molecule has 126 valence electrons. The highest BCUT2D eigenvalue weighted by atomic mass is 16.5. The number of likely N-dealkylation sites (tertiary alicyclic amines) is 1. The fourth-order valence-corrected chi connectivity index (χ4v) is 3.08. The summed E-state index contributed by atoms with van der Waals surface area (Å²) in [4.78, 5) is 25.8. The number of piperidine rings is 1. The predicted octanol–water partition coefficient (Wildman–Crippen LogP) is 3.23. The summed E-state index contributed by atoms with van der Waals surface area (Å²) in [6.45, 7) is 5.33. The summed E-state index contributed by atoms with van der Waals surface area (Å²) in [5, 5.41) is 3.14. The lowest BCUT2D eigenvalue weighted by atomic mass is 9.95. The second kappa shape index (κ2) is 7.99. The van der Waals surface area contributed by atoms with Crippen LogP contribution in [-0.4, -0.2) is 37.1 Å².